The normalized spacial score (nSPS) is 24.8. The van der Waals surface area contributed by atoms with E-state index in [1.165, 1.54) is 6.92 Å². The lowest BCUT2D eigenvalue weighted by molar-refractivity contribution is -0.154. The molecule has 1 fully saturated rings. The van der Waals surface area contributed by atoms with Gasteiger partial charge >= 0.3 is 0 Å². The van der Waals surface area contributed by atoms with Gasteiger partial charge in [0.2, 0.25) is 0 Å². The summed E-state index contributed by atoms with van der Waals surface area (Å²) in [5.41, 5.74) is 1.14. The summed E-state index contributed by atoms with van der Waals surface area (Å²) in [6, 6.07) is 10.0. The minimum Gasteiger partial charge on any atom is -0.377 e. The highest BCUT2D eigenvalue weighted by Crippen LogP contribution is 2.30. The van der Waals surface area contributed by atoms with Gasteiger partial charge in [0.25, 0.3) is 0 Å². The van der Waals surface area contributed by atoms with Gasteiger partial charge in [0, 0.05) is 13.0 Å². The Morgan fingerprint density at radius 1 is 1.25 bits per heavy atom. The van der Waals surface area contributed by atoms with E-state index in [4.69, 9.17) is 14.2 Å². The summed E-state index contributed by atoms with van der Waals surface area (Å²) < 4.78 is 17.0. The van der Waals surface area contributed by atoms with Gasteiger partial charge in [-0.05, 0) is 26.3 Å². The Bertz CT molecular complexity index is 441. The molecular formula is C16H22O4. The van der Waals surface area contributed by atoms with Crippen molar-refractivity contribution < 1.29 is 19.0 Å². The lowest BCUT2D eigenvalue weighted by atomic mass is 10.1. The van der Waals surface area contributed by atoms with Crippen molar-refractivity contribution in [1.82, 2.24) is 0 Å². The highest BCUT2D eigenvalue weighted by Gasteiger charge is 2.43. The summed E-state index contributed by atoms with van der Waals surface area (Å²) in [4.78, 5) is 11.6. The molecule has 0 radical (unpaired) electrons. The standard InChI is InChI=1S/C16H22O4/c1-12(17)15-14(19-16(2,3)20-15)9-10-18-11-13-7-5-4-6-8-13/h4-8,14-15H,9-11H2,1-3H3/t14-,15-/m1/s1. The smallest absolute Gasteiger partial charge is 0.164 e. The van der Waals surface area contributed by atoms with Crippen LogP contribution in [0.3, 0.4) is 0 Å². The summed E-state index contributed by atoms with van der Waals surface area (Å²) in [6.45, 7) is 6.31. The highest BCUT2D eigenvalue weighted by atomic mass is 16.8. The topological polar surface area (TPSA) is 44.8 Å². The predicted octanol–water partition coefficient (Wildman–Crippen LogP) is 2.70. The Hall–Kier alpha value is -1.23. The second-order valence-electron chi connectivity index (χ2n) is 5.53. The number of hydrogen-bond donors (Lipinski definition) is 0. The molecule has 1 saturated heterocycles. The zero-order valence-electron chi connectivity index (χ0n) is 12.3. The minimum absolute atomic E-state index is 0.00337. The molecule has 0 N–H and O–H groups in total. The summed E-state index contributed by atoms with van der Waals surface area (Å²) in [5.74, 6) is -0.691. The molecule has 4 heteroatoms. The molecule has 0 spiro atoms. The molecule has 2 atom stereocenters. The summed E-state index contributed by atoms with van der Waals surface area (Å²) >= 11 is 0. The molecule has 0 aliphatic carbocycles. The van der Waals surface area contributed by atoms with E-state index in [-0.39, 0.29) is 11.9 Å². The molecule has 0 aromatic heterocycles. The molecule has 0 unspecified atom stereocenters. The highest BCUT2D eigenvalue weighted by molar-refractivity contribution is 5.81. The van der Waals surface area contributed by atoms with Crippen LogP contribution in [-0.2, 0) is 25.6 Å². The maximum atomic E-state index is 11.6. The fourth-order valence-electron chi connectivity index (χ4n) is 2.35. The van der Waals surface area contributed by atoms with Gasteiger partial charge in [0.1, 0.15) is 6.10 Å². The SMILES string of the molecule is CC(=O)[C@H]1OC(C)(C)O[C@@H]1CCOCc1ccccc1. The largest absolute Gasteiger partial charge is 0.377 e. The van der Waals surface area contributed by atoms with Crippen LogP contribution in [0.4, 0.5) is 0 Å². The van der Waals surface area contributed by atoms with E-state index in [1.807, 2.05) is 44.2 Å². The molecule has 110 valence electrons. The molecule has 0 amide bonds. The predicted molar refractivity (Wildman–Crippen MR) is 75.2 cm³/mol. The van der Waals surface area contributed by atoms with Crippen LogP contribution in [-0.4, -0.2) is 30.4 Å². The van der Waals surface area contributed by atoms with Gasteiger partial charge in [0.05, 0.1) is 12.7 Å². The summed E-state index contributed by atoms with van der Waals surface area (Å²) in [7, 11) is 0. The Balaban J connectivity index is 1.77. The van der Waals surface area contributed by atoms with Gasteiger partial charge < -0.3 is 14.2 Å². The third-order valence-electron chi connectivity index (χ3n) is 3.24. The maximum Gasteiger partial charge on any atom is 0.164 e. The van der Waals surface area contributed by atoms with Crippen molar-refractivity contribution in [3.63, 3.8) is 0 Å². The van der Waals surface area contributed by atoms with E-state index in [2.05, 4.69) is 0 Å². The van der Waals surface area contributed by atoms with E-state index in [0.717, 1.165) is 5.56 Å². The first-order chi connectivity index (χ1) is 9.48. The van der Waals surface area contributed by atoms with Crippen LogP contribution in [0.25, 0.3) is 0 Å². The second kappa shape index (κ2) is 6.48. The first kappa shape index (κ1) is 15.2. The van der Waals surface area contributed by atoms with Crippen molar-refractivity contribution in [2.75, 3.05) is 6.61 Å². The molecule has 1 aromatic rings. The fraction of sp³-hybridized carbons (Fsp3) is 0.562. The third kappa shape index (κ3) is 4.13. The number of carbonyl (C=O) groups excluding carboxylic acids is 1. The molecular weight excluding hydrogens is 256 g/mol. The van der Waals surface area contributed by atoms with E-state index in [1.54, 1.807) is 0 Å². The van der Waals surface area contributed by atoms with Crippen molar-refractivity contribution in [2.24, 2.45) is 0 Å². The van der Waals surface area contributed by atoms with Gasteiger partial charge in [-0.25, -0.2) is 0 Å². The van der Waals surface area contributed by atoms with Crippen LogP contribution in [0.2, 0.25) is 0 Å². The van der Waals surface area contributed by atoms with Crippen LogP contribution in [0.15, 0.2) is 30.3 Å². The van der Waals surface area contributed by atoms with Gasteiger partial charge in [0.15, 0.2) is 11.6 Å². The number of ether oxygens (including phenoxy) is 3. The molecule has 2 rings (SSSR count). The van der Waals surface area contributed by atoms with Gasteiger partial charge in [-0.3, -0.25) is 4.79 Å². The van der Waals surface area contributed by atoms with E-state index < -0.39 is 11.9 Å². The molecule has 4 nitrogen and oxygen atoms in total. The molecule has 0 saturated carbocycles. The molecule has 1 heterocycles. The zero-order chi connectivity index (χ0) is 14.6. The van der Waals surface area contributed by atoms with Gasteiger partial charge in [-0.1, -0.05) is 30.3 Å². The number of benzene rings is 1. The zero-order valence-corrected chi connectivity index (χ0v) is 12.3. The van der Waals surface area contributed by atoms with Crippen molar-refractivity contribution in [3.05, 3.63) is 35.9 Å². The second-order valence-corrected chi connectivity index (χ2v) is 5.53. The lowest BCUT2D eigenvalue weighted by Crippen LogP contribution is -2.30. The molecule has 20 heavy (non-hydrogen) atoms. The van der Waals surface area contributed by atoms with Crippen LogP contribution in [0.1, 0.15) is 32.8 Å². The van der Waals surface area contributed by atoms with Gasteiger partial charge in [-0.2, -0.15) is 0 Å². The average Bonchev–Trinajstić information content (AvgIpc) is 2.71. The Morgan fingerprint density at radius 3 is 2.60 bits per heavy atom. The molecule has 1 aliphatic rings. The quantitative estimate of drug-likeness (QED) is 0.751. The number of hydrogen-bond acceptors (Lipinski definition) is 4. The van der Waals surface area contributed by atoms with Crippen molar-refractivity contribution in [2.45, 2.75) is 51.8 Å². The van der Waals surface area contributed by atoms with E-state index >= 15 is 0 Å². The molecule has 1 aliphatic heterocycles. The first-order valence-electron chi connectivity index (χ1n) is 6.96. The van der Waals surface area contributed by atoms with Crippen LogP contribution in [0.5, 0.6) is 0 Å². The van der Waals surface area contributed by atoms with Crippen LogP contribution in [0, 0.1) is 0 Å². The van der Waals surface area contributed by atoms with Crippen molar-refractivity contribution in [1.29, 1.82) is 0 Å². The Kier molecular flexibility index (Phi) is 4.91. The monoisotopic (exact) mass is 278 g/mol. The maximum absolute atomic E-state index is 11.6. The third-order valence-corrected chi connectivity index (χ3v) is 3.24. The van der Waals surface area contributed by atoms with Crippen LogP contribution >= 0.6 is 0 Å². The Labute approximate surface area is 120 Å². The first-order valence-corrected chi connectivity index (χ1v) is 6.96. The van der Waals surface area contributed by atoms with Crippen LogP contribution < -0.4 is 0 Å². The number of ketones is 1. The van der Waals surface area contributed by atoms with E-state index in [9.17, 15) is 4.79 Å². The summed E-state index contributed by atoms with van der Waals surface area (Å²) in [5, 5.41) is 0. The fourth-order valence-corrected chi connectivity index (χ4v) is 2.35. The van der Waals surface area contributed by atoms with Gasteiger partial charge in [-0.15, -0.1) is 0 Å². The Morgan fingerprint density at radius 2 is 1.95 bits per heavy atom. The number of Topliss-reactive ketones (excluding diaryl/α,β-unsaturated/α-hetero) is 1. The van der Waals surface area contributed by atoms with Crippen molar-refractivity contribution >= 4 is 5.78 Å². The number of carbonyl (C=O) groups is 1. The summed E-state index contributed by atoms with van der Waals surface area (Å²) in [6.07, 6.45) is -0.0517. The van der Waals surface area contributed by atoms with Crippen molar-refractivity contribution in [3.8, 4) is 0 Å². The molecule has 0 bridgehead atoms. The molecule has 1 aromatic carbocycles. The van der Waals surface area contributed by atoms with E-state index in [0.29, 0.717) is 19.6 Å². The number of rotatable bonds is 6. The minimum atomic E-state index is -0.694. The average molecular weight is 278 g/mol. The lowest BCUT2D eigenvalue weighted by Gasteiger charge is -2.16.